The van der Waals surface area contributed by atoms with E-state index >= 15 is 0 Å². The molecule has 0 aliphatic rings. The van der Waals surface area contributed by atoms with Crippen LogP contribution < -0.4 is 20.8 Å². The molecule has 0 aliphatic heterocycles. The number of phenolic OH excluding ortho intramolecular Hbond substituents is 1. The summed E-state index contributed by atoms with van der Waals surface area (Å²) in [6.45, 7) is 1.34. The van der Waals surface area contributed by atoms with E-state index in [0.717, 1.165) is 16.5 Å². The number of carbonyl (C=O) groups excluding carboxylic acids is 2. The van der Waals surface area contributed by atoms with E-state index in [0.29, 0.717) is 22.3 Å². The molecule has 0 bridgehead atoms. The van der Waals surface area contributed by atoms with Gasteiger partial charge in [0, 0.05) is 41.0 Å². The monoisotopic (exact) mass is 435 g/mol. The van der Waals surface area contributed by atoms with Gasteiger partial charge in [0.05, 0.1) is 12.0 Å². The lowest BCUT2D eigenvalue weighted by molar-refractivity contribution is -0.308. The van der Waals surface area contributed by atoms with Crippen LogP contribution in [0.5, 0.6) is 11.5 Å². The highest BCUT2D eigenvalue weighted by atomic mass is 16.5. The molecule has 0 aliphatic carbocycles. The van der Waals surface area contributed by atoms with Gasteiger partial charge in [-0.15, -0.1) is 0 Å². The summed E-state index contributed by atoms with van der Waals surface area (Å²) in [5, 5.41) is 25.0. The van der Waals surface area contributed by atoms with Gasteiger partial charge >= 0.3 is 5.63 Å². The Hall–Kier alpha value is -4.27. The number of hydrogen-bond donors (Lipinski definition) is 3. The van der Waals surface area contributed by atoms with Gasteiger partial charge in [-0.05, 0) is 48.4 Å². The van der Waals surface area contributed by atoms with Crippen molar-refractivity contribution in [2.75, 3.05) is 6.61 Å². The van der Waals surface area contributed by atoms with Gasteiger partial charge in [-0.1, -0.05) is 0 Å². The van der Waals surface area contributed by atoms with Crippen molar-refractivity contribution in [2.24, 2.45) is 0 Å². The Kier molecular flexibility index (Phi) is 5.55. The number of aliphatic carboxylic acids is 1. The van der Waals surface area contributed by atoms with E-state index in [4.69, 9.17) is 9.15 Å². The number of ether oxygens (including phenoxy) is 1. The van der Waals surface area contributed by atoms with Crippen molar-refractivity contribution in [3.05, 3.63) is 70.2 Å². The number of carboxylic acids is 1. The van der Waals surface area contributed by atoms with Crippen LogP contribution >= 0.6 is 0 Å². The average Bonchev–Trinajstić information content (AvgIpc) is 3.13. The number of fused-ring (bicyclic) bond motifs is 2. The topological polar surface area (TPSA) is 145 Å². The van der Waals surface area contributed by atoms with Crippen molar-refractivity contribution < 1.29 is 29.0 Å². The van der Waals surface area contributed by atoms with E-state index in [-0.39, 0.29) is 12.2 Å². The summed E-state index contributed by atoms with van der Waals surface area (Å²) >= 11 is 0. The third-order valence-corrected chi connectivity index (χ3v) is 5.09. The predicted molar refractivity (Wildman–Crippen MR) is 113 cm³/mol. The lowest BCUT2D eigenvalue weighted by Gasteiger charge is -2.19. The highest BCUT2D eigenvalue weighted by Gasteiger charge is 2.17. The largest absolute Gasteiger partial charge is 0.548 e. The third kappa shape index (κ3) is 4.41. The molecule has 9 heteroatoms. The number of rotatable bonds is 7. The first-order valence-electron chi connectivity index (χ1n) is 9.76. The number of H-pyrrole nitrogens is 1. The summed E-state index contributed by atoms with van der Waals surface area (Å²) in [6, 6.07) is 9.59. The Balaban J connectivity index is 1.43. The molecular formula is C23H19N2O7-. The molecule has 0 spiro atoms. The minimum Gasteiger partial charge on any atom is -0.548 e. The lowest BCUT2D eigenvalue weighted by Crippen LogP contribution is -2.50. The molecule has 3 N–H and O–H groups in total. The molecule has 4 rings (SSSR count). The Morgan fingerprint density at radius 2 is 2.00 bits per heavy atom. The maximum Gasteiger partial charge on any atom is 0.336 e. The van der Waals surface area contributed by atoms with Crippen LogP contribution in [0.15, 0.2) is 57.9 Å². The number of nitrogens with one attached hydrogen (secondary N) is 2. The zero-order valence-corrected chi connectivity index (χ0v) is 17.0. The van der Waals surface area contributed by atoms with Gasteiger partial charge in [-0.2, -0.15) is 0 Å². The van der Waals surface area contributed by atoms with Crippen LogP contribution in [0.3, 0.4) is 0 Å². The normalized spacial score (nSPS) is 12.0. The summed E-state index contributed by atoms with van der Waals surface area (Å²) < 4.78 is 10.6. The van der Waals surface area contributed by atoms with Crippen LogP contribution in [0.2, 0.25) is 0 Å². The Morgan fingerprint density at radius 1 is 1.19 bits per heavy atom. The lowest BCUT2D eigenvalue weighted by atomic mass is 10.0. The number of benzene rings is 2. The highest BCUT2D eigenvalue weighted by Crippen LogP contribution is 2.24. The maximum absolute atomic E-state index is 12.3. The minimum atomic E-state index is -1.45. The van der Waals surface area contributed by atoms with Gasteiger partial charge in [0.25, 0.3) is 5.91 Å². The predicted octanol–water partition coefficient (Wildman–Crippen LogP) is 1.14. The first-order chi connectivity index (χ1) is 15.3. The second-order valence-electron chi connectivity index (χ2n) is 7.38. The smallest absolute Gasteiger partial charge is 0.336 e. The minimum absolute atomic E-state index is 0.0437. The van der Waals surface area contributed by atoms with E-state index in [1.165, 1.54) is 24.3 Å². The molecule has 2 heterocycles. The van der Waals surface area contributed by atoms with Crippen LogP contribution in [-0.4, -0.2) is 34.6 Å². The molecule has 1 amide bonds. The SMILES string of the molecule is Cc1cc(=O)oc2cc(OCC(=O)N[C@H](Cc3c[nH]c4ccc(O)cc34)C(=O)[O-])ccc12. The Labute approximate surface area is 181 Å². The number of amides is 1. The fraction of sp³-hybridized carbons (Fsp3) is 0.174. The summed E-state index contributed by atoms with van der Waals surface area (Å²) in [5.74, 6) is -1.77. The van der Waals surface area contributed by atoms with Gasteiger partial charge in [-0.3, -0.25) is 4.79 Å². The van der Waals surface area contributed by atoms with Gasteiger partial charge in [0.15, 0.2) is 6.61 Å². The fourth-order valence-corrected chi connectivity index (χ4v) is 3.53. The second kappa shape index (κ2) is 8.46. The van der Waals surface area contributed by atoms with Crippen LogP contribution in [-0.2, 0) is 16.0 Å². The number of aromatic hydroxyl groups is 1. The first-order valence-corrected chi connectivity index (χ1v) is 9.76. The summed E-state index contributed by atoms with van der Waals surface area (Å²) in [6.07, 6.45) is 1.57. The Morgan fingerprint density at radius 3 is 2.78 bits per heavy atom. The van der Waals surface area contributed by atoms with Gasteiger partial charge < -0.3 is 34.5 Å². The molecule has 0 unspecified atom stereocenters. The molecule has 164 valence electrons. The molecule has 4 aromatic rings. The second-order valence-corrected chi connectivity index (χ2v) is 7.38. The number of carboxylic acid groups (broad SMARTS) is 1. The zero-order valence-electron chi connectivity index (χ0n) is 17.0. The molecular weight excluding hydrogens is 416 g/mol. The number of phenols is 1. The first kappa shape index (κ1) is 21.0. The van der Waals surface area contributed by atoms with Crippen molar-refractivity contribution >= 4 is 33.7 Å². The van der Waals surface area contributed by atoms with E-state index < -0.39 is 30.2 Å². The highest BCUT2D eigenvalue weighted by molar-refractivity contribution is 5.87. The zero-order chi connectivity index (χ0) is 22.8. The number of aromatic amines is 1. The number of aromatic nitrogens is 1. The fourth-order valence-electron chi connectivity index (χ4n) is 3.53. The number of hydrogen-bond acceptors (Lipinski definition) is 7. The molecule has 0 radical (unpaired) electrons. The maximum atomic E-state index is 12.3. The van der Waals surface area contributed by atoms with Crippen LogP contribution in [0, 0.1) is 6.92 Å². The van der Waals surface area contributed by atoms with Crippen molar-refractivity contribution in [1.82, 2.24) is 10.3 Å². The standard InChI is InChI=1S/C23H20N2O7/c1-12-6-22(28)32-20-9-15(3-4-16(12)20)31-11-21(27)25-19(23(29)30)7-13-10-24-18-5-2-14(26)8-17(13)18/h2-6,8-10,19,24,26H,7,11H2,1H3,(H,25,27)(H,29,30)/p-1/t19-/m1/s1. The van der Waals surface area contributed by atoms with Crippen LogP contribution in [0.1, 0.15) is 11.1 Å². The van der Waals surface area contributed by atoms with E-state index in [9.17, 15) is 24.6 Å². The average molecular weight is 435 g/mol. The van der Waals surface area contributed by atoms with Crippen molar-refractivity contribution in [3.63, 3.8) is 0 Å². The molecule has 0 saturated heterocycles. The molecule has 2 aromatic heterocycles. The van der Waals surface area contributed by atoms with Gasteiger partial charge in [0.2, 0.25) is 0 Å². The van der Waals surface area contributed by atoms with Crippen molar-refractivity contribution in [3.8, 4) is 11.5 Å². The Bertz CT molecular complexity index is 1390. The number of aryl methyl sites for hydroxylation is 1. The van der Waals surface area contributed by atoms with Gasteiger partial charge in [0.1, 0.15) is 17.1 Å². The van der Waals surface area contributed by atoms with E-state index in [2.05, 4.69) is 10.3 Å². The summed E-state index contributed by atoms with van der Waals surface area (Å²) in [5.41, 5.74) is 1.91. The van der Waals surface area contributed by atoms with E-state index in [1.54, 1.807) is 31.3 Å². The number of carbonyl (C=O) groups is 2. The quantitative estimate of drug-likeness (QED) is 0.369. The molecule has 0 saturated carbocycles. The van der Waals surface area contributed by atoms with E-state index in [1.807, 2.05) is 0 Å². The van der Waals surface area contributed by atoms with Crippen LogP contribution in [0.25, 0.3) is 21.9 Å². The molecule has 1 atom stereocenters. The van der Waals surface area contributed by atoms with Crippen molar-refractivity contribution in [1.29, 1.82) is 0 Å². The van der Waals surface area contributed by atoms with Crippen LogP contribution in [0.4, 0.5) is 0 Å². The molecule has 2 aromatic carbocycles. The molecule has 9 nitrogen and oxygen atoms in total. The van der Waals surface area contributed by atoms with Crippen molar-refractivity contribution in [2.45, 2.75) is 19.4 Å². The summed E-state index contributed by atoms with van der Waals surface area (Å²) in [7, 11) is 0. The third-order valence-electron chi connectivity index (χ3n) is 5.09. The summed E-state index contributed by atoms with van der Waals surface area (Å²) in [4.78, 5) is 38.4. The molecule has 0 fully saturated rings. The molecule has 32 heavy (non-hydrogen) atoms. The van der Waals surface area contributed by atoms with Gasteiger partial charge in [-0.25, -0.2) is 4.79 Å².